The number of hydrogen-bond donors (Lipinski definition) is 1. The van der Waals surface area contributed by atoms with E-state index in [2.05, 4.69) is 41.0 Å². The van der Waals surface area contributed by atoms with Gasteiger partial charge in [0.1, 0.15) is 6.04 Å². The van der Waals surface area contributed by atoms with Crippen molar-refractivity contribution in [1.29, 1.82) is 0 Å². The number of piperidine rings is 1. The summed E-state index contributed by atoms with van der Waals surface area (Å²) in [5.41, 5.74) is -0.289. The predicted molar refractivity (Wildman–Crippen MR) is 153 cm³/mol. The van der Waals surface area contributed by atoms with Crippen LogP contribution < -0.4 is 5.32 Å². The first kappa shape index (κ1) is 29.3. The van der Waals surface area contributed by atoms with Crippen molar-refractivity contribution in [2.45, 2.75) is 139 Å². The summed E-state index contributed by atoms with van der Waals surface area (Å²) in [6, 6.07) is -1.36. The van der Waals surface area contributed by atoms with Crippen molar-refractivity contribution in [3.05, 3.63) is 11.7 Å². The average molecular weight is 577 g/mol. The summed E-state index contributed by atoms with van der Waals surface area (Å²) in [4.78, 5) is 25.4. The molecule has 10 heteroatoms. The van der Waals surface area contributed by atoms with E-state index in [1.54, 1.807) is 0 Å². The van der Waals surface area contributed by atoms with Crippen LogP contribution in [0.2, 0.25) is 0 Å². The maximum Gasteiger partial charge on any atom is 0.318 e. The summed E-state index contributed by atoms with van der Waals surface area (Å²) >= 11 is 0. The molecule has 41 heavy (non-hydrogen) atoms. The van der Waals surface area contributed by atoms with E-state index in [1.807, 2.05) is 4.90 Å². The van der Waals surface area contributed by atoms with Gasteiger partial charge in [0.2, 0.25) is 5.89 Å². The molecule has 3 saturated carbocycles. The highest BCUT2D eigenvalue weighted by Gasteiger charge is 2.52. The molecule has 4 atom stereocenters. The van der Waals surface area contributed by atoms with Gasteiger partial charge in [-0.15, -0.1) is 0 Å². The Balaban J connectivity index is 1.19. The van der Waals surface area contributed by atoms with Crippen LogP contribution >= 0.6 is 0 Å². The number of piperazine rings is 1. The van der Waals surface area contributed by atoms with Crippen LogP contribution in [-0.4, -0.2) is 93.7 Å². The maximum absolute atomic E-state index is 15.6. The van der Waals surface area contributed by atoms with Gasteiger partial charge >= 0.3 is 6.03 Å². The van der Waals surface area contributed by atoms with E-state index in [9.17, 15) is 4.79 Å². The molecule has 6 rings (SSSR count). The first-order valence-corrected chi connectivity index (χ1v) is 16.4. The zero-order valence-corrected chi connectivity index (χ0v) is 25.3. The molecular weight excluding hydrogens is 526 g/mol. The predicted octanol–water partition coefficient (Wildman–Crippen LogP) is 5.54. The van der Waals surface area contributed by atoms with Crippen LogP contribution in [0.25, 0.3) is 0 Å². The lowest BCUT2D eigenvalue weighted by Gasteiger charge is -2.50. The zero-order chi connectivity index (χ0) is 28.8. The Bertz CT molecular complexity index is 1050. The number of rotatable bonds is 6. The number of alkyl halides is 2. The number of amides is 2. The van der Waals surface area contributed by atoms with E-state index in [4.69, 9.17) is 9.51 Å². The second-order valence-corrected chi connectivity index (χ2v) is 14.2. The van der Waals surface area contributed by atoms with E-state index in [0.29, 0.717) is 43.7 Å². The number of carbonyl (C=O) groups excluding carboxylic acids is 1. The summed E-state index contributed by atoms with van der Waals surface area (Å²) in [7, 11) is 0. The lowest BCUT2D eigenvalue weighted by atomic mass is 9.70. The topological polar surface area (TPSA) is 77.7 Å². The fourth-order valence-electron chi connectivity index (χ4n) is 8.13. The molecule has 2 unspecified atom stereocenters. The van der Waals surface area contributed by atoms with Gasteiger partial charge in [0.25, 0.3) is 5.92 Å². The molecule has 5 fully saturated rings. The van der Waals surface area contributed by atoms with Crippen LogP contribution in [0, 0.1) is 5.92 Å². The SMILES string of the molecule is CC(C)N1CCN([C@@H]2CCCC(F)(F)[C@H]2NC(=O)N2CCC(C)(c3noc(C4CC4)n3)CC2C2CCCCC2)CC1. The molecule has 3 aliphatic carbocycles. The number of likely N-dealkylation sites (tertiary alicyclic amines) is 1. The van der Waals surface area contributed by atoms with Gasteiger partial charge in [-0.05, 0) is 71.1 Å². The van der Waals surface area contributed by atoms with Crippen molar-refractivity contribution in [2.24, 2.45) is 5.92 Å². The number of nitrogens with zero attached hydrogens (tertiary/aromatic N) is 5. The molecule has 2 amide bonds. The smallest absolute Gasteiger partial charge is 0.318 e. The van der Waals surface area contributed by atoms with Crippen molar-refractivity contribution in [2.75, 3.05) is 32.7 Å². The van der Waals surface area contributed by atoms with E-state index in [-0.39, 0.29) is 30.0 Å². The number of carbonyl (C=O) groups is 1. The highest BCUT2D eigenvalue weighted by molar-refractivity contribution is 5.75. The number of hydrogen-bond acceptors (Lipinski definition) is 6. The van der Waals surface area contributed by atoms with E-state index < -0.39 is 12.0 Å². The van der Waals surface area contributed by atoms with E-state index in [1.165, 1.54) is 6.42 Å². The fraction of sp³-hybridized carbons (Fsp3) is 0.903. The zero-order valence-electron chi connectivity index (χ0n) is 25.3. The van der Waals surface area contributed by atoms with Gasteiger partial charge in [-0.1, -0.05) is 31.3 Å². The minimum Gasteiger partial charge on any atom is -0.339 e. The van der Waals surface area contributed by atoms with Gasteiger partial charge < -0.3 is 14.7 Å². The van der Waals surface area contributed by atoms with Gasteiger partial charge in [-0.3, -0.25) is 9.80 Å². The maximum atomic E-state index is 15.6. The van der Waals surface area contributed by atoms with Crippen LogP contribution in [0.4, 0.5) is 13.6 Å². The lowest BCUT2D eigenvalue weighted by molar-refractivity contribution is -0.0980. The Morgan fingerprint density at radius 2 is 1.68 bits per heavy atom. The highest BCUT2D eigenvalue weighted by atomic mass is 19.3. The minimum absolute atomic E-state index is 0.0119. The second-order valence-electron chi connectivity index (χ2n) is 14.2. The summed E-state index contributed by atoms with van der Waals surface area (Å²) in [5.74, 6) is -0.647. The second kappa shape index (κ2) is 11.7. The van der Waals surface area contributed by atoms with Crippen molar-refractivity contribution in [3.63, 3.8) is 0 Å². The molecule has 0 aromatic carbocycles. The number of urea groups is 1. The Labute approximate surface area is 243 Å². The van der Waals surface area contributed by atoms with Gasteiger partial charge in [0.15, 0.2) is 5.82 Å². The molecule has 1 aromatic rings. The molecule has 5 aliphatic rings. The quantitative estimate of drug-likeness (QED) is 0.479. The molecular formula is C31H50F2N6O2. The normalized spacial score (nSPS) is 34.2. The fourth-order valence-corrected chi connectivity index (χ4v) is 8.13. The van der Waals surface area contributed by atoms with E-state index >= 15 is 8.78 Å². The van der Waals surface area contributed by atoms with Crippen LogP contribution in [0.3, 0.4) is 0 Å². The standard InChI is InChI=1S/C31H50F2N6O2/c1-21(2)37-16-18-38(19-17-37)24-10-7-13-31(32,33)26(24)34-29(40)39-15-14-30(3,20-25(39)22-8-5-4-6-9-22)28-35-27(41-36-28)23-11-12-23/h21-26H,4-20H2,1-3H3,(H,34,40)/t24-,25?,26+,30?/m1/s1. The van der Waals surface area contributed by atoms with Gasteiger partial charge in [0, 0.05) is 68.6 Å². The van der Waals surface area contributed by atoms with Crippen molar-refractivity contribution >= 4 is 6.03 Å². The number of halogens is 2. The molecule has 0 radical (unpaired) electrons. The van der Waals surface area contributed by atoms with Crippen LogP contribution in [0.15, 0.2) is 4.52 Å². The molecule has 2 saturated heterocycles. The summed E-state index contributed by atoms with van der Waals surface area (Å²) in [5, 5.41) is 7.36. The van der Waals surface area contributed by atoms with Gasteiger partial charge in [-0.25, -0.2) is 13.6 Å². The Morgan fingerprint density at radius 1 is 0.951 bits per heavy atom. The molecule has 0 bridgehead atoms. The number of aromatic nitrogens is 2. The lowest BCUT2D eigenvalue weighted by Crippen LogP contribution is -2.67. The first-order valence-electron chi connectivity index (χ1n) is 16.4. The van der Waals surface area contributed by atoms with Crippen LogP contribution in [0.1, 0.15) is 115 Å². The Morgan fingerprint density at radius 3 is 2.37 bits per heavy atom. The third-order valence-corrected chi connectivity index (χ3v) is 11.0. The molecule has 8 nitrogen and oxygen atoms in total. The van der Waals surface area contributed by atoms with Crippen LogP contribution in [-0.2, 0) is 5.41 Å². The largest absolute Gasteiger partial charge is 0.339 e. The molecule has 3 heterocycles. The van der Waals surface area contributed by atoms with E-state index in [0.717, 1.165) is 82.8 Å². The monoisotopic (exact) mass is 576 g/mol. The van der Waals surface area contributed by atoms with Crippen molar-refractivity contribution in [1.82, 2.24) is 30.2 Å². The third kappa shape index (κ3) is 6.15. The Hall–Kier alpha value is -1.81. The summed E-state index contributed by atoms with van der Waals surface area (Å²) < 4.78 is 36.8. The molecule has 1 N–H and O–H groups in total. The van der Waals surface area contributed by atoms with Gasteiger partial charge in [-0.2, -0.15) is 4.98 Å². The van der Waals surface area contributed by atoms with Crippen molar-refractivity contribution < 1.29 is 18.1 Å². The Kier molecular flexibility index (Phi) is 8.35. The number of nitrogens with one attached hydrogen (secondary N) is 1. The van der Waals surface area contributed by atoms with Crippen LogP contribution in [0.5, 0.6) is 0 Å². The average Bonchev–Trinajstić information content (AvgIpc) is 3.69. The summed E-state index contributed by atoms with van der Waals surface area (Å²) in [6.07, 6.45) is 10.4. The highest BCUT2D eigenvalue weighted by Crippen LogP contribution is 2.45. The molecule has 1 aromatic heterocycles. The first-order chi connectivity index (χ1) is 19.6. The molecule has 230 valence electrons. The molecule has 0 spiro atoms. The minimum atomic E-state index is -2.91. The summed E-state index contributed by atoms with van der Waals surface area (Å²) in [6.45, 7) is 10.4. The van der Waals surface area contributed by atoms with Crippen molar-refractivity contribution in [3.8, 4) is 0 Å². The van der Waals surface area contributed by atoms with Gasteiger partial charge in [0.05, 0.1) is 0 Å². The third-order valence-electron chi connectivity index (χ3n) is 11.0. The molecule has 2 aliphatic heterocycles.